The molecule has 0 saturated heterocycles. The van der Waals surface area contributed by atoms with Crippen LogP contribution < -0.4 is 4.74 Å². The van der Waals surface area contributed by atoms with Crippen LogP contribution in [0.15, 0.2) is 109 Å². The van der Waals surface area contributed by atoms with Crippen molar-refractivity contribution in [1.29, 1.82) is 0 Å². The predicted molar refractivity (Wildman–Crippen MR) is 128 cm³/mol. The Bertz CT molecular complexity index is 1430. The molecule has 0 saturated carbocycles. The smallest absolute Gasteiger partial charge is 0.203 e. The largest absolute Gasteiger partial charge is 0.457 e. The van der Waals surface area contributed by atoms with Crippen LogP contribution in [-0.2, 0) is 0 Å². The fourth-order valence-corrected chi connectivity index (χ4v) is 4.62. The topological polar surface area (TPSA) is 32.0 Å². The van der Waals surface area contributed by atoms with Crippen LogP contribution in [0, 0.1) is 4.77 Å². The van der Waals surface area contributed by atoms with Gasteiger partial charge in [-0.15, -0.1) is 0 Å². The van der Waals surface area contributed by atoms with Crippen LogP contribution in [0.5, 0.6) is 11.5 Å². The van der Waals surface area contributed by atoms with Crippen molar-refractivity contribution in [3.63, 3.8) is 0 Å². The Morgan fingerprint density at radius 2 is 1.19 bits per heavy atom. The van der Waals surface area contributed by atoms with Gasteiger partial charge in [0.15, 0.2) is 5.82 Å². The summed E-state index contributed by atoms with van der Waals surface area (Å²) < 4.78 is 10.8. The van der Waals surface area contributed by atoms with Gasteiger partial charge in [-0.2, -0.15) is 5.10 Å². The summed E-state index contributed by atoms with van der Waals surface area (Å²) >= 11 is 6.06. The molecule has 0 aliphatic carbocycles. The first-order valence-electron chi connectivity index (χ1n) is 10.5. The molecule has 1 aromatic heterocycles. The molecule has 4 aromatic carbocycles. The third-order valence-corrected chi connectivity index (χ3v) is 6.11. The molecule has 0 N–H and O–H groups in total. The number of hydrogen-bond donors (Lipinski definition) is 0. The lowest BCUT2D eigenvalue weighted by atomic mass is 9.95. The number of benzene rings is 4. The normalized spacial score (nSPS) is 12.6. The van der Waals surface area contributed by atoms with Crippen molar-refractivity contribution in [3.8, 4) is 28.6 Å². The molecule has 6 rings (SSSR count). The molecule has 2 heterocycles. The molecule has 0 fully saturated rings. The molecule has 0 bridgehead atoms. The van der Waals surface area contributed by atoms with E-state index < -0.39 is 0 Å². The number of rotatable bonds is 3. The second kappa shape index (κ2) is 7.62. The maximum atomic E-state index is 6.19. The minimum atomic E-state index is -0.184. The van der Waals surface area contributed by atoms with Gasteiger partial charge in [-0.25, -0.2) is 4.68 Å². The monoisotopic (exact) mass is 433 g/mol. The summed E-state index contributed by atoms with van der Waals surface area (Å²) in [4.78, 5) is 0. The van der Waals surface area contributed by atoms with Crippen LogP contribution >= 0.6 is 12.2 Å². The molecular formula is C27H19N3OS. The van der Waals surface area contributed by atoms with Crippen molar-refractivity contribution in [2.24, 2.45) is 0 Å². The number of para-hydroxylation sites is 3. The standard InChI is InChI=1S/C27H19N3OS/c32-27-29(20-13-5-2-6-14-20)26(19-11-3-1-4-12-19)28-30(27)25-21-15-7-9-17-23(21)31-24-18-10-8-16-22(24)25/h1-18,25H. The fourth-order valence-electron chi connectivity index (χ4n) is 4.28. The van der Waals surface area contributed by atoms with Gasteiger partial charge in [0.2, 0.25) is 4.77 Å². The number of fused-ring (bicyclic) bond motifs is 2. The minimum Gasteiger partial charge on any atom is -0.457 e. The van der Waals surface area contributed by atoms with Gasteiger partial charge in [-0.3, -0.25) is 4.57 Å². The van der Waals surface area contributed by atoms with E-state index in [0.29, 0.717) is 4.77 Å². The first-order chi connectivity index (χ1) is 15.8. The maximum Gasteiger partial charge on any atom is 0.203 e. The summed E-state index contributed by atoms with van der Waals surface area (Å²) in [6.07, 6.45) is 0. The third kappa shape index (κ3) is 2.98. The predicted octanol–water partition coefficient (Wildman–Crippen LogP) is 6.81. The molecule has 5 aromatic rings. The molecule has 0 atom stereocenters. The lowest BCUT2D eigenvalue weighted by Crippen LogP contribution is -2.19. The van der Waals surface area contributed by atoms with Gasteiger partial charge in [0.25, 0.3) is 0 Å². The molecule has 32 heavy (non-hydrogen) atoms. The average Bonchev–Trinajstić information content (AvgIpc) is 3.20. The zero-order chi connectivity index (χ0) is 21.5. The summed E-state index contributed by atoms with van der Waals surface area (Å²) in [5.74, 6) is 2.46. The quantitative estimate of drug-likeness (QED) is 0.287. The average molecular weight is 434 g/mol. The molecule has 1 aliphatic heterocycles. The molecule has 0 unspecified atom stereocenters. The van der Waals surface area contributed by atoms with E-state index in [1.807, 2.05) is 82.0 Å². The van der Waals surface area contributed by atoms with Crippen LogP contribution in [0.1, 0.15) is 17.2 Å². The molecule has 5 heteroatoms. The van der Waals surface area contributed by atoms with Crippen LogP contribution in [0.3, 0.4) is 0 Å². The third-order valence-electron chi connectivity index (χ3n) is 5.74. The van der Waals surface area contributed by atoms with E-state index in [0.717, 1.165) is 39.7 Å². The van der Waals surface area contributed by atoms with E-state index >= 15 is 0 Å². The molecular weight excluding hydrogens is 414 g/mol. The highest BCUT2D eigenvalue weighted by Crippen LogP contribution is 2.44. The number of ether oxygens (including phenoxy) is 1. The van der Waals surface area contributed by atoms with E-state index in [1.165, 1.54) is 0 Å². The van der Waals surface area contributed by atoms with Gasteiger partial charge in [-0.05, 0) is 36.5 Å². The van der Waals surface area contributed by atoms with E-state index in [-0.39, 0.29) is 6.04 Å². The first kappa shape index (κ1) is 18.8. The van der Waals surface area contributed by atoms with Crippen LogP contribution in [0.2, 0.25) is 0 Å². The van der Waals surface area contributed by atoms with Crippen molar-refractivity contribution < 1.29 is 4.74 Å². The Hall–Kier alpha value is -3.96. The van der Waals surface area contributed by atoms with Crippen LogP contribution in [-0.4, -0.2) is 14.3 Å². The van der Waals surface area contributed by atoms with Gasteiger partial charge in [0, 0.05) is 22.4 Å². The molecule has 0 radical (unpaired) electrons. The zero-order valence-corrected chi connectivity index (χ0v) is 17.9. The Kier molecular flexibility index (Phi) is 4.47. The van der Waals surface area contributed by atoms with Crippen LogP contribution in [0.4, 0.5) is 0 Å². The molecule has 4 nitrogen and oxygen atoms in total. The van der Waals surface area contributed by atoms with Gasteiger partial charge in [-0.1, -0.05) is 84.9 Å². The molecule has 1 aliphatic rings. The van der Waals surface area contributed by atoms with E-state index in [1.54, 1.807) is 0 Å². The van der Waals surface area contributed by atoms with Crippen molar-refractivity contribution in [1.82, 2.24) is 14.3 Å². The zero-order valence-electron chi connectivity index (χ0n) is 17.1. The fraction of sp³-hybridized carbons (Fsp3) is 0.0370. The van der Waals surface area contributed by atoms with Crippen LogP contribution in [0.25, 0.3) is 17.1 Å². The molecule has 0 spiro atoms. The lowest BCUT2D eigenvalue weighted by Gasteiger charge is -2.28. The Labute approximate surface area is 191 Å². The Balaban J connectivity index is 1.65. The van der Waals surface area contributed by atoms with Crippen molar-refractivity contribution >= 4 is 12.2 Å². The van der Waals surface area contributed by atoms with Gasteiger partial charge in [0.1, 0.15) is 17.5 Å². The highest BCUT2D eigenvalue weighted by atomic mass is 32.1. The maximum absolute atomic E-state index is 6.19. The SMILES string of the molecule is S=c1n(C2c3ccccc3Oc3ccccc32)nc(-c2ccccc2)n1-c1ccccc1. The van der Waals surface area contributed by atoms with Gasteiger partial charge >= 0.3 is 0 Å². The van der Waals surface area contributed by atoms with E-state index in [2.05, 4.69) is 36.4 Å². The Morgan fingerprint density at radius 3 is 1.81 bits per heavy atom. The highest BCUT2D eigenvalue weighted by Gasteiger charge is 2.31. The van der Waals surface area contributed by atoms with E-state index in [4.69, 9.17) is 22.1 Å². The van der Waals surface area contributed by atoms with Crippen molar-refractivity contribution in [3.05, 3.63) is 125 Å². The second-order valence-electron chi connectivity index (χ2n) is 7.67. The number of nitrogens with zero attached hydrogens (tertiary/aromatic N) is 3. The van der Waals surface area contributed by atoms with E-state index in [9.17, 15) is 0 Å². The van der Waals surface area contributed by atoms with Gasteiger partial charge < -0.3 is 4.74 Å². The van der Waals surface area contributed by atoms with Gasteiger partial charge in [0.05, 0.1) is 0 Å². The minimum absolute atomic E-state index is 0.184. The molecule has 0 amide bonds. The first-order valence-corrected chi connectivity index (χ1v) is 10.9. The van der Waals surface area contributed by atoms with Crippen molar-refractivity contribution in [2.45, 2.75) is 6.04 Å². The molecule has 154 valence electrons. The summed E-state index contributed by atoms with van der Waals surface area (Å²) in [7, 11) is 0. The second-order valence-corrected chi connectivity index (χ2v) is 8.03. The summed E-state index contributed by atoms with van der Waals surface area (Å²) in [6.45, 7) is 0. The number of hydrogen-bond acceptors (Lipinski definition) is 3. The lowest BCUT2D eigenvalue weighted by molar-refractivity contribution is 0.423. The summed E-state index contributed by atoms with van der Waals surface area (Å²) in [5, 5.41) is 5.10. The van der Waals surface area contributed by atoms with Crippen molar-refractivity contribution in [2.75, 3.05) is 0 Å². The Morgan fingerprint density at radius 1 is 0.656 bits per heavy atom. The highest BCUT2D eigenvalue weighted by molar-refractivity contribution is 7.71. The summed E-state index contributed by atoms with van der Waals surface area (Å²) in [5.41, 5.74) is 4.07. The summed E-state index contributed by atoms with van der Waals surface area (Å²) in [6, 6.07) is 36.3. The number of aromatic nitrogens is 3.